The minimum atomic E-state index is -2.57. The van der Waals surface area contributed by atoms with Gasteiger partial charge in [-0.15, -0.1) is 0 Å². The molecule has 2 aromatic carbocycles. The van der Waals surface area contributed by atoms with E-state index >= 15 is 0 Å². The molecule has 0 aromatic heterocycles. The number of carbonyl (C=O) groups excluding carboxylic acids is 2. The number of nitrogens with one attached hydrogen (secondary N) is 2. The Morgan fingerprint density at radius 3 is 2.44 bits per heavy atom. The highest BCUT2D eigenvalue weighted by Crippen LogP contribution is 2.31. The molecule has 0 radical (unpaired) electrons. The van der Waals surface area contributed by atoms with Gasteiger partial charge in [0.25, 0.3) is 11.7 Å². The van der Waals surface area contributed by atoms with E-state index in [1.165, 1.54) is 6.07 Å². The molecule has 0 unspecified atom stereocenters. The second-order valence-corrected chi connectivity index (χ2v) is 6.88. The van der Waals surface area contributed by atoms with E-state index in [-0.39, 0.29) is 24.8 Å². The monoisotopic (exact) mass is 428 g/mol. The molecule has 0 aliphatic rings. The normalized spacial score (nSPS) is 10.6. The third kappa shape index (κ3) is 6.47. The highest BCUT2D eigenvalue weighted by molar-refractivity contribution is 9.10. The van der Waals surface area contributed by atoms with Gasteiger partial charge in [0.15, 0.2) is 0 Å². The molecular weight excluding hydrogens is 414 g/mol. The molecule has 8 heteroatoms. The Bertz CT molecular complexity index is 742. The number of hydrogen-bond acceptors (Lipinski definition) is 3. The molecule has 2 N–H and O–H groups in total. The predicted molar refractivity (Wildman–Crippen MR) is 98.0 cm³/mol. The van der Waals surface area contributed by atoms with E-state index in [1.807, 2.05) is 0 Å². The van der Waals surface area contributed by atoms with Crippen molar-refractivity contribution in [2.24, 2.45) is 0 Å². The van der Waals surface area contributed by atoms with Gasteiger partial charge in [-0.25, -0.2) is 0 Å². The molecular formula is C17H15BrF2N2O2S. The number of halogens is 3. The number of anilines is 1. The fourth-order valence-electron chi connectivity index (χ4n) is 1.97. The van der Waals surface area contributed by atoms with Gasteiger partial charge in [0.05, 0.1) is 5.69 Å². The summed E-state index contributed by atoms with van der Waals surface area (Å²) >= 11 is 3.66. The van der Waals surface area contributed by atoms with Crippen molar-refractivity contribution in [3.8, 4) is 0 Å². The molecule has 0 saturated heterocycles. The SMILES string of the molecule is O=C(CCNC(=O)c1ccc(Br)cc1)Nc1ccccc1SC(F)F. The second-order valence-electron chi connectivity index (χ2n) is 4.94. The zero-order valence-electron chi connectivity index (χ0n) is 13.0. The second kappa shape index (κ2) is 9.53. The van der Waals surface area contributed by atoms with Gasteiger partial charge in [-0.05, 0) is 36.4 Å². The number of hydrogen-bond donors (Lipinski definition) is 2. The zero-order chi connectivity index (χ0) is 18.2. The molecule has 0 aliphatic carbocycles. The lowest BCUT2D eigenvalue weighted by molar-refractivity contribution is -0.116. The third-order valence-corrected chi connectivity index (χ3v) is 4.44. The number of carbonyl (C=O) groups is 2. The van der Waals surface area contributed by atoms with E-state index in [4.69, 9.17) is 0 Å². The van der Waals surface area contributed by atoms with Crippen molar-refractivity contribution in [3.63, 3.8) is 0 Å². The fraction of sp³-hybridized carbons (Fsp3) is 0.176. The van der Waals surface area contributed by atoms with Gasteiger partial charge in [0.1, 0.15) is 0 Å². The summed E-state index contributed by atoms with van der Waals surface area (Å²) in [5, 5.41) is 5.23. The summed E-state index contributed by atoms with van der Waals surface area (Å²) in [6.07, 6.45) is 0.0376. The Kier molecular flexibility index (Phi) is 7.39. The minimum absolute atomic E-state index is 0.0376. The Balaban J connectivity index is 1.83. The summed E-state index contributed by atoms with van der Waals surface area (Å²) in [6.45, 7) is 0.144. The molecule has 0 bridgehead atoms. The highest BCUT2D eigenvalue weighted by Gasteiger charge is 2.12. The van der Waals surface area contributed by atoms with Gasteiger partial charge >= 0.3 is 0 Å². The molecule has 0 aliphatic heterocycles. The Morgan fingerprint density at radius 1 is 1.08 bits per heavy atom. The maximum atomic E-state index is 12.5. The predicted octanol–water partition coefficient (Wildman–Crippen LogP) is 4.52. The van der Waals surface area contributed by atoms with Crippen LogP contribution in [-0.4, -0.2) is 24.1 Å². The summed E-state index contributed by atoms with van der Waals surface area (Å²) in [6, 6.07) is 13.2. The Labute approximate surface area is 156 Å². The van der Waals surface area contributed by atoms with Gasteiger partial charge in [-0.3, -0.25) is 9.59 Å². The molecule has 0 atom stereocenters. The zero-order valence-corrected chi connectivity index (χ0v) is 15.4. The number of alkyl halides is 2. The van der Waals surface area contributed by atoms with Gasteiger partial charge < -0.3 is 10.6 Å². The van der Waals surface area contributed by atoms with Crippen LogP contribution in [0, 0.1) is 0 Å². The van der Waals surface area contributed by atoms with Crippen LogP contribution in [0.5, 0.6) is 0 Å². The van der Waals surface area contributed by atoms with Crippen molar-refractivity contribution < 1.29 is 18.4 Å². The van der Waals surface area contributed by atoms with Gasteiger partial charge in [-0.2, -0.15) is 8.78 Å². The van der Waals surface area contributed by atoms with Crippen molar-refractivity contribution in [2.45, 2.75) is 17.1 Å². The number of para-hydroxylation sites is 1. The Morgan fingerprint density at radius 2 is 1.76 bits per heavy atom. The molecule has 2 rings (SSSR count). The van der Waals surface area contributed by atoms with Gasteiger partial charge in [-0.1, -0.05) is 39.8 Å². The molecule has 132 valence electrons. The van der Waals surface area contributed by atoms with E-state index in [2.05, 4.69) is 26.6 Å². The van der Waals surface area contributed by atoms with Crippen LogP contribution >= 0.6 is 27.7 Å². The Hall–Kier alpha value is -1.93. The van der Waals surface area contributed by atoms with Crippen LogP contribution in [-0.2, 0) is 4.79 Å². The van der Waals surface area contributed by atoms with Crippen LogP contribution in [0.25, 0.3) is 0 Å². The molecule has 25 heavy (non-hydrogen) atoms. The molecule has 4 nitrogen and oxygen atoms in total. The molecule has 0 saturated carbocycles. The average Bonchev–Trinajstić information content (AvgIpc) is 2.56. The third-order valence-electron chi connectivity index (χ3n) is 3.12. The topological polar surface area (TPSA) is 58.2 Å². The van der Waals surface area contributed by atoms with E-state index in [9.17, 15) is 18.4 Å². The van der Waals surface area contributed by atoms with E-state index in [0.717, 1.165) is 4.47 Å². The summed E-state index contributed by atoms with van der Waals surface area (Å²) in [7, 11) is 0. The highest BCUT2D eigenvalue weighted by atomic mass is 79.9. The smallest absolute Gasteiger partial charge is 0.288 e. The first-order valence-electron chi connectivity index (χ1n) is 7.33. The largest absolute Gasteiger partial charge is 0.352 e. The van der Waals surface area contributed by atoms with Crippen LogP contribution in [0.3, 0.4) is 0 Å². The summed E-state index contributed by atoms with van der Waals surface area (Å²) in [5.41, 5.74) is 0.819. The van der Waals surface area contributed by atoms with Crippen molar-refractivity contribution in [2.75, 3.05) is 11.9 Å². The summed E-state index contributed by atoms with van der Waals surface area (Å²) in [5.74, 6) is -3.21. The quantitative estimate of drug-likeness (QED) is 0.637. The summed E-state index contributed by atoms with van der Waals surface area (Å²) < 4.78 is 25.9. The van der Waals surface area contributed by atoms with Crippen LogP contribution in [0.4, 0.5) is 14.5 Å². The number of thioether (sulfide) groups is 1. The van der Waals surface area contributed by atoms with Crippen molar-refractivity contribution in [3.05, 3.63) is 58.6 Å². The van der Waals surface area contributed by atoms with E-state index < -0.39 is 5.76 Å². The minimum Gasteiger partial charge on any atom is -0.352 e. The number of rotatable bonds is 7. The fourth-order valence-corrected chi connectivity index (χ4v) is 2.83. The van der Waals surface area contributed by atoms with E-state index in [0.29, 0.717) is 27.9 Å². The van der Waals surface area contributed by atoms with Crippen LogP contribution < -0.4 is 10.6 Å². The lowest BCUT2D eigenvalue weighted by atomic mass is 10.2. The van der Waals surface area contributed by atoms with Crippen molar-refractivity contribution in [1.29, 1.82) is 0 Å². The average molecular weight is 429 g/mol. The van der Waals surface area contributed by atoms with Gasteiger partial charge in [0.2, 0.25) is 5.91 Å². The van der Waals surface area contributed by atoms with Crippen LogP contribution in [0.15, 0.2) is 57.9 Å². The molecule has 0 heterocycles. The van der Waals surface area contributed by atoms with Crippen LogP contribution in [0.2, 0.25) is 0 Å². The maximum Gasteiger partial charge on any atom is 0.288 e. The van der Waals surface area contributed by atoms with Crippen molar-refractivity contribution >= 4 is 45.2 Å². The molecule has 0 fully saturated rings. The van der Waals surface area contributed by atoms with Crippen LogP contribution in [0.1, 0.15) is 16.8 Å². The standard InChI is InChI=1S/C17H15BrF2N2O2S/c18-12-7-5-11(6-8-12)16(24)21-10-9-15(23)22-13-3-1-2-4-14(13)25-17(19)20/h1-8,17H,9-10H2,(H,21,24)(H,22,23). The number of benzene rings is 2. The number of amides is 2. The van der Waals surface area contributed by atoms with E-state index in [1.54, 1.807) is 42.5 Å². The summed E-state index contributed by atoms with van der Waals surface area (Å²) in [4.78, 5) is 24.2. The lowest BCUT2D eigenvalue weighted by Crippen LogP contribution is -2.27. The molecule has 2 amide bonds. The molecule has 0 spiro atoms. The van der Waals surface area contributed by atoms with Gasteiger partial charge in [0, 0.05) is 27.9 Å². The first-order chi connectivity index (χ1) is 12.0. The lowest BCUT2D eigenvalue weighted by Gasteiger charge is -2.10. The van der Waals surface area contributed by atoms with Crippen molar-refractivity contribution in [1.82, 2.24) is 5.32 Å². The first-order valence-corrected chi connectivity index (χ1v) is 9.00. The maximum absolute atomic E-state index is 12.5. The molecule has 2 aromatic rings. The first kappa shape index (κ1) is 19.4.